The van der Waals surface area contributed by atoms with Crippen molar-refractivity contribution >= 4 is 5.91 Å². The first kappa shape index (κ1) is 14.5. The van der Waals surface area contributed by atoms with Crippen LogP contribution < -0.4 is 11.1 Å². The van der Waals surface area contributed by atoms with Crippen LogP contribution in [-0.2, 0) is 0 Å². The molecule has 100 valence electrons. The highest BCUT2D eigenvalue weighted by molar-refractivity contribution is 5.95. The van der Waals surface area contributed by atoms with Gasteiger partial charge in [-0.1, -0.05) is 13.8 Å². The molecule has 0 aliphatic carbocycles. The molecular weight excluding hydrogens is 228 g/mol. The van der Waals surface area contributed by atoms with Crippen LogP contribution in [0.5, 0.6) is 5.75 Å². The van der Waals surface area contributed by atoms with Gasteiger partial charge in [0.15, 0.2) is 0 Å². The minimum Gasteiger partial charge on any atom is -0.508 e. The highest BCUT2D eigenvalue weighted by Crippen LogP contribution is 2.15. The molecule has 0 aliphatic heterocycles. The van der Waals surface area contributed by atoms with Crippen LogP contribution in [0.25, 0.3) is 0 Å². The van der Waals surface area contributed by atoms with Crippen LogP contribution in [0.15, 0.2) is 18.2 Å². The van der Waals surface area contributed by atoms with Crippen molar-refractivity contribution in [3.8, 4) is 5.75 Å². The minimum atomic E-state index is -0.147. The first-order valence-electron chi connectivity index (χ1n) is 6.23. The Morgan fingerprint density at radius 3 is 2.67 bits per heavy atom. The monoisotopic (exact) mass is 250 g/mol. The number of amides is 1. The summed E-state index contributed by atoms with van der Waals surface area (Å²) >= 11 is 0. The summed E-state index contributed by atoms with van der Waals surface area (Å²) in [6.45, 7) is 6.47. The van der Waals surface area contributed by atoms with Gasteiger partial charge in [-0.3, -0.25) is 4.79 Å². The van der Waals surface area contributed by atoms with Gasteiger partial charge >= 0.3 is 0 Å². The molecule has 1 atom stereocenters. The van der Waals surface area contributed by atoms with E-state index in [4.69, 9.17) is 5.73 Å². The molecule has 0 bridgehead atoms. The number of benzene rings is 1. The first-order chi connectivity index (χ1) is 8.40. The number of phenols is 1. The number of nitrogens with one attached hydrogen (secondary N) is 1. The van der Waals surface area contributed by atoms with Crippen LogP contribution in [0, 0.1) is 12.8 Å². The van der Waals surface area contributed by atoms with Crippen LogP contribution in [0.2, 0.25) is 0 Å². The topological polar surface area (TPSA) is 75.3 Å². The zero-order valence-corrected chi connectivity index (χ0v) is 11.2. The van der Waals surface area contributed by atoms with E-state index >= 15 is 0 Å². The van der Waals surface area contributed by atoms with Gasteiger partial charge in [0.25, 0.3) is 5.91 Å². The molecule has 4 heteroatoms. The lowest BCUT2D eigenvalue weighted by molar-refractivity contribution is 0.0949. The van der Waals surface area contributed by atoms with Crippen molar-refractivity contribution in [3.05, 3.63) is 29.3 Å². The van der Waals surface area contributed by atoms with Gasteiger partial charge in [0, 0.05) is 18.2 Å². The van der Waals surface area contributed by atoms with Crippen molar-refractivity contribution < 1.29 is 9.90 Å². The SMILES string of the molecule is Cc1cc(O)ccc1C(=O)NCC(N)CC(C)C. The van der Waals surface area contributed by atoms with E-state index in [-0.39, 0.29) is 17.7 Å². The fourth-order valence-electron chi connectivity index (χ4n) is 1.91. The molecule has 1 aromatic rings. The quantitative estimate of drug-likeness (QED) is 0.746. The summed E-state index contributed by atoms with van der Waals surface area (Å²) in [6, 6.07) is 4.68. The third-order valence-electron chi connectivity index (χ3n) is 2.75. The van der Waals surface area contributed by atoms with E-state index in [0.717, 1.165) is 12.0 Å². The van der Waals surface area contributed by atoms with E-state index in [0.29, 0.717) is 18.0 Å². The standard InChI is InChI=1S/C14H22N2O2/c1-9(2)6-11(15)8-16-14(18)13-5-4-12(17)7-10(13)3/h4-5,7,9,11,17H,6,8,15H2,1-3H3,(H,16,18). The van der Waals surface area contributed by atoms with Crippen molar-refractivity contribution in [2.75, 3.05) is 6.54 Å². The summed E-state index contributed by atoms with van der Waals surface area (Å²) in [6.07, 6.45) is 0.884. The summed E-state index contributed by atoms with van der Waals surface area (Å²) in [5, 5.41) is 12.1. The third kappa shape index (κ3) is 4.37. The molecule has 1 amide bonds. The zero-order chi connectivity index (χ0) is 13.7. The van der Waals surface area contributed by atoms with Crippen molar-refractivity contribution in [1.82, 2.24) is 5.32 Å². The molecule has 0 saturated heterocycles. The molecule has 0 spiro atoms. The lowest BCUT2D eigenvalue weighted by Crippen LogP contribution is -2.38. The maximum Gasteiger partial charge on any atom is 0.251 e. The second-order valence-corrected chi connectivity index (χ2v) is 5.10. The summed E-state index contributed by atoms with van der Waals surface area (Å²) in [7, 11) is 0. The van der Waals surface area contributed by atoms with Gasteiger partial charge in [-0.15, -0.1) is 0 Å². The molecule has 0 radical (unpaired) electrons. The van der Waals surface area contributed by atoms with E-state index in [1.807, 2.05) is 0 Å². The van der Waals surface area contributed by atoms with Crippen molar-refractivity contribution in [2.24, 2.45) is 11.7 Å². The fraction of sp³-hybridized carbons (Fsp3) is 0.500. The average Bonchev–Trinajstić information content (AvgIpc) is 2.25. The van der Waals surface area contributed by atoms with Crippen molar-refractivity contribution in [3.63, 3.8) is 0 Å². The number of aromatic hydroxyl groups is 1. The second kappa shape index (κ2) is 6.40. The Labute approximate surface area is 108 Å². The number of carbonyl (C=O) groups excluding carboxylic acids is 1. The lowest BCUT2D eigenvalue weighted by Gasteiger charge is -2.15. The smallest absolute Gasteiger partial charge is 0.251 e. The van der Waals surface area contributed by atoms with Gasteiger partial charge in [0.1, 0.15) is 5.75 Å². The minimum absolute atomic E-state index is 0.0219. The normalized spacial score (nSPS) is 12.5. The average molecular weight is 250 g/mol. The van der Waals surface area contributed by atoms with E-state index in [2.05, 4.69) is 19.2 Å². The van der Waals surface area contributed by atoms with E-state index < -0.39 is 0 Å². The predicted octanol–water partition coefficient (Wildman–Crippen LogP) is 1.80. The molecular formula is C14H22N2O2. The van der Waals surface area contributed by atoms with Crippen LogP contribution in [-0.4, -0.2) is 23.6 Å². The Bertz CT molecular complexity index is 416. The van der Waals surface area contributed by atoms with Crippen molar-refractivity contribution in [2.45, 2.75) is 33.2 Å². The maximum absolute atomic E-state index is 11.9. The molecule has 18 heavy (non-hydrogen) atoms. The second-order valence-electron chi connectivity index (χ2n) is 5.10. The predicted molar refractivity (Wildman–Crippen MR) is 72.6 cm³/mol. The van der Waals surface area contributed by atoms with Crippen LogP contribution in [0.3, 0.4) is 0 Å². The van der Waals surface area contributed by atoms with Crippen LogP contribution in [0.1, 0.15) is 36.2 Å². The van der Waals surface area contributed by atoms with E-state index in [9.17, 15) is 9.90 Å². The molecule has 1 rings (SSSR count). The largest absolute Gasteiger partial charge is 0.508 e. The summed E-state index contributed by atoms with van der Waals surface area (Å²) in [4.78, 5) is 11.9. The molecule has 1 aromatic carbocycles. The Hall–Kier alpha value is -1.55. The third-order valence-corrected chi connectivity index (χ3v) is 2.75. The Morgan fingerprint density at radius 2 is 2.11 bits per heavy atom. The van der Waals surface area contributed by atoms with Gasteiger partial charge in [-0.25, -0.2) is 0 Å². The molecule has 0 aromatic heterocycles. The lowest BCUT2D eigenvalue weighted by atomic mass is 10.0. The van der Waals surface area contributed by atoms with Gasteiger partial charge in [-0.2, -0.15) is 0 Å². The summed E-state index contributed by atoms with van der Waals surface area (Å²) in [5.74, 6) is 0.541. The highest BCUT2D eigenvalue weighted by Gasteiger charge is 2.11. The molecule has 0 saturated carbocycles. The zero-order valence-electron chi connectivity index (χ0n) is 11.2. The summed E-state index contributed by atoms with van der Waals surface area (Å²) < 4.78 is 0. The summed E-state index contributed by atoms with van der Waals surface area (Å²) in [5.41, 5.74) is 7.24. The molecule has 4 nitrogen and oxygen atoms in total. The number of aryl methyl sites for hydroxylation is 1. The number of nitrogens with two attached hydrogens (primary N) is 1. The number of rotatable bonds is 5. The number of carbonyl (C=O) groups is 1. The van der Waals surface area contributed by atoms with Gasteiger partial charge < -0.3 is 16.2 Å². The van der Waals surface area contributed by atoms with Gasteiger partial charge in [0.05, 0.1) is 0 Å². The van der Waals surface area contributed by atoms with Crippen LogP contribution >= 0.6 is 0 Å². The number of phenolic OH excluding ortho intramolecular Hbond substituents is 1. The first-order valence-corrected chi connectivity index (χ1v) is 6.23. The van der Waals surface area contributed by atoms with Crippen LogP contribution in [0.4, 0.5) is 0 Å². The fourth-order valence-corrected chi connectivity index (χ4v) is 1.91. The Morgan fingerprint density at radius 1 is 1.44 bits per heavy atom. The Balaban J connectivity index is 2.55. The molecule has 0 fully saturated rings. The van der Waals surface area contributed by atoms with Gasteiger partial charge in [0.2, 0.25) is 0 Å². The Kier molecular flexibility index (Phi) is 5.16. The maximum atomic E-state index is 11.9. The van der Waals surface area contributed by atoms with Gasteiger partial charge in [-0.05, 0) is 43.0 Å². The van der Waals surface area contributed by atoms with Crippen molar-refractivity contribution in [1.29, 1.82) is 0 Å². The highest BCUT2D eigenvalue weighted by atomic mass is 16.3. The molecule has 0 heterocycles. The number of hydrogen-bond donors (Lipinski definition) is 3. The molecule has 1 unspecified atom stereocenters. The molecule has 4 N–H and O–H groups in total. The van der Waals surface area contributed by atoms with E-state index in [1.54, 1.807) is 19.1 Å². The molecule has 0 aliphatic rings. The van der Waals surface area contributed by atoms with E-state index in [1.165, 1.54) is 6.07 Å². The number of hydrogen-bond acceptors (Lipinski definition) is 3.